The number of hydrogen-bond donors (Lipinski definition) is 0. The van der Waals surface area contributed by atoms with Crippen LogP contribution < -0.4 is 4.74 Å². The molecule has 3 rings (SSSR count). The summed E-state index contributed by atoms with van der Waals surface area (Å²) in [6, 6.07) is 6.33. The smallest absolute Gasteiger partial charge is 0.122 e. The van der Waals surface area contributed by atoms with Crippen molar-refractivity contribution in [3.8, 4) is 17.0 Å². The average molecular weight is 307 g/mol. The molecule has 1 aliphatic heterocycles. The summed E-state index contributed by atoms with van der Waals surface area (Å²) >= 11 is 3.60. The molecule has 2 aromatic rings. The number of imidazole rings is 1. The van der Waals surface area contributed by atoms with Gasteiger partial charge in [-0.05, 0) is 59.5 Å². The second kappa shape index (κ2) is 4.43. The number of aromatic nitrogens is 2. The average Bonchev–Trinajstić information content (AvgIpc) is 2.66. The predicted octanol–water partition coefficient (Wildman–Crippen LogP) is 3.48. The molecule has 0 fully saturated rings. The van der Waals surface area contributed by atoms with Gasteiger partial charge in [0.05, 0.1) is 6.61 Å². The Balaban J connectivity index is 2.09. The quantitative estimate of drug-likeness (QED) is 0.806. The predicted molar refractivity (Wildman–Crippen MR) is 74.9 cm³/mol. The Kier molecular flexibility index (Phi) is 2.90. The van der Waals surface area contributed by atoms with Crippen molar-refractivity contribution in [1.29, 1.82) is 0 Å². The number of ether oxygens (including phenoxy) is 1. The first-order valence-electron chi connectivity index (χ1n) is 6.12. The molecule has 3 nitrogen and oxygen atoms in total. The van der Waals surface area contributed by atoms with Crippen LogP contribution >= 0.6 is 15.9 Å². The van der Waals surface area contributed by atoms with Crippen molar-refractivity contribution in [2.24, 2.45) is 7.05 Å². The topological polar surface area (TPSA) is 27.1 Å². The maximum absolute atomic E-state index is 5.64. The van der Waals surface area contributed by atoms with Crippen LogP contribution in [-0.4, -0.2) is 16.2 Å². The Labute approximate surface area is 115 Å². The maximum Gasteiger partial charge on any atom is 0.122 e. The van der Waals surface area contributed by atoms with Gasteiger partial charge in [0.2, 0.25) is 0 Å². The molecule has 0 bridgehead atoms. The molecule has 0 amide bonds. The van der Waals surface area contributed by atoms with E-state index in [4.69, 9.17) is 4.74 Å². The van der Waals surface area contributed by atoms with E-state index >= 15 is 0 Å². The van der Waals surface area contributed by atoms with E-state index in [1.54, 1.807) is 0 Å². The van der Waals surface area contributed by atoms with E-state index in [0.717, 1.165) is 46.9 Å². The zero-order valence-electron chi connectivity index (χ0n) is 10.5. The van der Waals surface area contributed by atoms with E-state index in [1.165, 1.54) is 5.56 Å². The minimum atomic E-state index is 0.832. The van der Waals surface area contributed by atoms with Crippen molar-refractivity contribution < 1.29 is 4.74 Å². The molecule has 0 unspecified atom stereocenters. The van der Waals surface area contributed by atoms with Gasteiger partial charge >= 0.3 is 0 Å². The number of fused-ring (bicyclic) bond motifs is 1. The third-order valence-corrected chi connectivity index (χ3v) is 4.34. The second-order valence-electron chi connectivity index (χ2n) is 4.63. The lowest BCUT2D eigenvalue weighted by Crippen LogP contribution is -2.08. The molecule has 2 heterocycles. The van der Waals surface area contributed by atoms with Gasteiger partial charge in [0, 0.05) is 12.6 Å². The van der Waals surface area contributed by atoms with Gasteiger partial charge in [0.1, 0.15) is 21.9 Å². The number of nitrogens with zero attached hydrogens (tertiary/aromatic N) is 2. The van der Waals surface area contributed by atoms with E-state index in [0.29, 0.717) is 0 Å². The van der Waals surface area contributed by atoms with Crippen LogP contribution in [0.1, 0.15) is 17.8 Å². The molecule has 0 radical (unpaired) electrons. The van der Waals surface area contributed by atoms with Crippen LogP contribution in [0.5, 0.6) is 5.75 Å². The SMILES string of the molecule is Cc1nc(-c2ccc3c(c2)CCCO3)c(Br)n1C. The zero-order valence-corrected chi connectivity index (χ0v) is 12.1. The van der Waals surface area contributed by atoms with Crippen LogP contribution in [-0.2, 0) is 13.5 Å². The Morgan fingerprint density at radius 1 is 1.39 bits per heavy atom. The fourth-order valence-corrected chi connectivity index (χ4v) is 2.85. The Hall–Kier alpha value is -1.29. The maximum atomic E-state index is 5.64. The van der Waals surface area contributed by atoms with Gasteiger partial charge in [-0.3, -0.25) is 0 Å². The van der Waals surface area contributed by atoms with Gasteiger partial charge in [-0.15, -0.1) is 0 Å². The van der Waals surface area contributed by atoms with Gasteiger partial charge in [-0.25, -0.2) is 4.98 Å². The van der Waals surface area contributed by atoms with E-state index in [9.17, 15) is 0 Å². The summed E-state index contributed by atoms with van der Waals surface area (Å²) in [4.78, 5) is 4.60. The first-order valence-corrected chi connectivity index (χ1v) is 6.91. The van der Waals surface area contributed by atoms with Crippen molar-refractivity contribution in [3.63, 3.8) is 0 Å². The van der Waals surface area contributed by atoms with Crippen LogP contribution in [0.2, 0.25) is 0 Å². The molecule has 94 valence electrons. The van der Waals surface area contributed by atoms with Crippen molar-refractivity contribution in [2.75, 3.05) is 6.61 Å². The highest BCUT2D eigenvalue weighted by Gasteiger charge is 2.15. The lowest BCUT2D eigenvalue weighted by atomic mass is 10.0. The highest BCUT2D eigenvalue weighted by Crippen LogP contribution is 2.33. The van der Waals surface area contributed by atoms with Crippen molar-refractivity contribution >= 4 is 15.9 Å². The minimum Gasteiger partial charge on any atom is -0.493 e. The standard InChI is InChI=1S/C14H15BrN2O/c1-9-16-13(14(15)17(9)2)11-5-6-12-10(8-11)4-3-7-18-12/h5-6,8H,3-4,7H2,1-2H3. The van der Waals surface area contributed by atoms with Crippen molar-refractivity contribution in [3.05, 3.63) is 34.2 Å². The van der Waals surface area contributed by atoms with Gasteiger partial charge < -0.3 is 9.30 Å². The fraction of sp³-hybridized carbons (Fsp3) is 0.357. The van der Waals surface area contributed by atoms with Gasteiger partial charge in [0.25, 0.3) is 0 Å². The van der Waals surface area contributed by atoms with E-state index in [1.807, 2.05) is 18.5 Å². The van der Waals surface area contributed by atoms with E-state index in [-0.39, 0.29) is 0 Å². The summed E-state index contributed by atoms with van der Waals surface area (Å²) < 4.78 is 8.71. The molecular formula is C14H15BrN2O. The highest BCUT2D eigenvalue weighted by atomic mass is 79.9. The van der Waals surface area contributed by atoms with Gasteiger partial charge in [-0.2, -0.15) is 0 Å². The summed E-state index contributed by atoms with van der Waals surface area (Å²) in [5, 5.41) is 0. The molecular weight excluding hydrogens is 292 g/mol. The molecule has 0 saturated carbocycles. The Morgan fingerprint density at radius 3 is 2.94 bits per heavy atom. The van der Waals surface area contributed by atoms with Crippen LogP contribution in [0.3, 0.4) is 0 Å². The number of aryl methyl sites for hydroxylation is 2. The van der Waals surface area contributed by atoms with Crippen LogP contribution in [0.4, 0.5) is 0 Å². The first kappa shape index (κ1) is 11.8. The lowest BCUT2D eigenvalue weighted by molar-refractivity contribution is 0.288. The zero-order chi connectivity index (χ0) is 12.7. The molecule has 0 saturated heterocycles. The lowest BCUT2D eigenvalue weighted by Gasteiger charge is -2.17. The van der Waals surface area contributed by atoms with Crippen LogP contribution in [0, 0.1) is 6.92 Å². The number of hydrogen-bond acceptors (Lipinski definition) is 2. The minimum absolute atomic E-state index is 0.832. The fourth-order valence-electron chi connectivity index (χ4n) is 2.28. The molecule has 1 aromatic carbocycles. The van der Waals surface area contributed by atoms with Crippen molar-refractivity contribution in [1.82, 2.24) is 9.55 Å². The molecule has 1 aromatic heterocycles. The first-order chi connectivity index (χ1) is 8.66. The van der Waals surface area contributed by atoms with Gasteiger partial charge in [-0.1, -0.05) is 0 Å². The third-order valence-electron chi connectivity index (χ3n) is 3.43. The summed E-state index contributed by atoms with van der Waals surface area (Å²) in [5.74, 6) is 2.03. The molecule has 0 aliphatic carbocycles. The van der Waals surface area contributed by atoms with Crippen LogP contribution in [0.15, 0.2) is 22.8 Å². The molecule has 1 aliphatic rings. The molecule has 0 spiro atoms. The van der Waals surface area contributed by atoms with Gasteiger partial charge in [0.15, 0.2) is 0 Å². The number of rotatable bonds is 1. The molecule has 18 heavy (non-hydrogen) atoms. The monoisotopic (exact) mass is 306 g/mol. The largest absolute Gasteiger partial charge is 0.493 e. The summed E-state index contributed by atoms with van der Waals surface area (Å²) in [7, 11) is 2.01. The van der Waals surface area contributed by atoms with Crippen LogP contribution in [0.25, 0.3) is 11.3 Å². The summed E-state index contributed by atoms with van der Waals surface area (Å²) in [5.41, 5.74) is 3.44. The van der Waals surface area contributed by atoms with Crippen molar-refractivity contribution in [2.45, 2.75) is 19.8 Å². The number of halogens is 1. The Morgan fingerprint density at radius 2 is 2.22 bits per heavy atom. The summed E-state index contributed by atoms with van der Waals surface area (Å²) in [6.07, 6.45) is 2.19. The van der Waals surface area contributed by atoms with E-state index < -0.39 is 0 Å². The third kappa shape index (κ3) is 1.85. The van der Waals surface area contributed by atoms with E-state index in [2.05, 4.69) is 39.1 Å². The Bertz CT molecular complexity index is 604. The highest BCUT2D eigenvalue weighted by molar-refractivity contribution is 9.10. The second-order valence-corrected chi connectivity index (χ2v) is 5.38. The normalized spacial score (nSPS) is 14.2. The molecule has 4 heteroatoms. The molecule has 0 N–H and O–H groups in total. The summed E-state index contributed by atoms with van der Waals surface area (Å²) in [6.45, 7) is 2.84. The number of benzene rings is 1. The molecule has 0 atom stereocenters.